The molecule has 1 fully saturated rings. The van der Waals surface area contributed by atoms with Gasteiger partial charge < -0.3 is 10.0 Å². The topological polar surface area (TPSA) is 57.6 Å². The smallest absolute Gasteiger partial charge is 0.305 e. The monoisotopic (exact) mass is 255 g/mol. The van der Waals surface area contributed by atoms with Crippen molar-refractivity contribution in [2.75, 3.05) is 6.54 Å². The van der Waals surface area contributed by atoms with Gasteiger partial charge in [0.15, 0.2) is 0 Å². The Labute approximate surface area is 109 Å². The number of carbonyl (C=O) groups is 2. The maximum Gasteiger partial charge on any atom is 0.305 e. The number of amides is 1. The lowest BCUT2D eigenvalue weighted by molar-refractivity contribution is -0.139. The minimum absolute atomic E-state index is 0.0642. The number of hydrogen-bond acceptors (Lipinski definition) is 2. The minimum Gasteiger partial charge on any atom is -0.481 e. The Hall–Kier alpha value is -1.06. The van der Waals surface area contributed by atoms with Gasteiger partial charge in [0.1, 0.15) is 0 Å². The van der Waals surface area contributed by atoms with Crippen LogP contribution in [-0.4, -0.2) is 34.5 Å². The second-order valence-corrected chi connectivity index (χ2v) is 5.15. The van der Waals surface area contributed by atoms with Crippen LogP contribution in [0.25, 0.3) is 0 Å². The van der Waals surface area contributed by atoms with Crippen LogP contribution in [0.4, 0.5) is 0 Å². The first-order valence-corrected chi connectivity index (χ1v) is 7.16. The third kappa shape index (κ3) is 5.07. The van der Waals surface area contributed by atoms with Crippen molar-refractivity contribution in [1.82, 2.24) is 4.90 Å². The molecule has 0 bridgehead atoms. The van der Waals surface area contributed by atoms with E-state index in [2.05, 4.69) is 6.92 Å². The number of carbonyl (C=O) groups excluding carboxylic acids is 1. The average molecular weight is 255 g/mol. The lowest BCUT2D eigenvalue weighted by atomic mass is 10.1. The maximum absolute atomic E-state index is 12.0. The van der Waals surface area contributed by atoms with Crippen molar-refractivity contribution in [3.8, 4) is 0 Å². The Morgan fingerprint density at radius 3 is 2.61 bits per heavy atom. The highest BCUT2D eigenvalue weighted by atomic mass is 16.4. The molecule has 0 radical (unpaired) electrons. The van der Waals surface area contributed by atoms with Crippen molar-refractivity contribution in [2.24, 2.45) is 0 Å². The lowest BCUT2D eigenvalue weighted by Crippen LogP contribution is -2.36. The van der Waals surface area contributed by atoms with Crippen LogP contribution < -0.4 is 0 Å². The minimum atomic E-state index is -0.803. The van der Waals surface area contributed by atoms with Gasteiger partial charge in [-0.25, -0.2) is 0 Å². The highest BCUT2D eigenvalue weighted by Gasteiger charge is 2.29. The number of aliphatic carboxylic acids is 1. The summed E-state index contributed by atoms with van der Waals surface area (Å²) in [4.78, 5) is 24.5. The van der Waals surface area contributed by atoms with Crippen molar-refractivity contribution in [3.05, 3.63) is 0 Å². The van der Waals surface area contributed by atoms with E-state index in [1.54, 1.807) is 4.90 Å². The molecule has 1 unspecified atom stereocenters. The number of unbranched alkanes of at least 4 members (excludes halogenated alkanes) is 4. The Morgan fingerprint density at radius 1 is 1.22 bits per heavy atom. The molecule has 1 aliphatic rings. The molecule has 1 atom stereocenters. The Kier molecular flexibility index (Phi) is 6.76. The van der Waals surface area contributed by atoms with Crippen LogP contribution in [0.1, 0.15) is 64.7 Å². The molecule has 1 rings (SSSR count). The van der Waals surface area contributed by atoms with Gasteiger partial charge in [-0.1, -0.05) is 32.6 Å². The lowest BCUT2D eigenvalue weighted by Gasteiger charge is -2.23. The summed E-state index contributed by atoms with van der Waals surface area (Å²) in [6.07, 6.45) is 8.16. The Bertz CT molecular complexity index is 278. The van der Waals surface area contributed by atoms with Crippen LogP contribution >= 0.6 is 0 Å². The quantitative estimate of drug-likeness (QED) is 0.678. The number of rotatable bonds is 8. The molecule has 1 heterocycles. The summed E-state index contributed by atoms with van der Waals surface area (Å²) in [5, 5.41) is 8.81. The van der Waals surface area contributed by atoms with Gasteiger partial charge in [0.05, 0.1) is 6.42 Å². The van der Waals surface area contributed by atoms with E-state index in [9.17, 15) is 9.59 Å². The zero-order valence-corrected chi connectivity index (χ0v) is 11.4. The van der Waals surface area contributed by atoms with E-state index in [-0.39, 0.29) is 18.4 Å². The molecule has 18 heavy (non-hydrogen) atoms. The fraction of sp³-hybridized carbons (Fsp3) is 0.857. The van der Waals surface area contributed by atoms with Gasteiger partial charge in [-0.05, 0) is 19.3 Å². The van der Waals surface area contributed by atoms with E-state index in [0.717, 1.165) is 32.2 Å². The van der Waals surface area contributed by atoms with Gasteiger partial charge in [-0.2, -0.15) is 0 Å². The van der Waals surface area contributed by atoms with Crippen molar-refractivity contribution >= 4 is 11.9 Å². The SMILES string of the molecule is CCCCCCCC(=O)N1CCCC1CC(=O)O. The molecule has 0 saturated carbocycles. The molecule has 4 heteroatoms. The second-order valence-electron chi connectivity index (χ2n) is 5.15. The first-order valence-electron chi connectivity index (χ1n) is 7.16. The zero-order valence-electron chi connectivity index (χ0n) is 11.4. The van der Waals surface area contributed by atoms with Crippen molar-refractivity contribution in [2.45, 2.75) is 70.8 Å². The van der Waals surface area contributed by atoms with Crippen LogP contribution in [0.2, 0.25) is 0 Å². The van der Waals surface area contributed by atoms with E-state index in [1.807, 2.05) is 0 Å². The van der Waals surface area contributed by atoms with Crippen LogP contribution in [0.3, 0.4) is 0 Å². The van der Waals surface area contributed by atoms with E-state index in [4.69, 9.17) is 5.11 Å². The first-order chi connectivity index (χ1) is 8.65. The predicted octanol–water partition coefficient (Wildman–Crippen LogP) is 2.81. The summed E-state index contributed by atoms with van der Waals surface area (Å²) in [5.74, 6) is -0.655. The molecule has 0 aromatic carbocycles. The molecule has 0 aliphatic carbocycles. The normalized spacial score (nSPS) is 19.2. The molecule has 4 nitrogen and oxygen atoms in total. The third-order valence-corrected chi connectivity index (χ3v) is 3.60. The summed E-state index contributed by atoms with van der Waals surface area (Å²) in [6, 6.07) is -0.0642. The largest absolute Gasteiger partial charge is 0.481 e. The molecule has 1 saturated heterocycles. The van der Waals surface area contributed by atoms with Crippen LogP contribution in [-0.2, 0) is 9.59 Å². The average Bonchev–Trinajstić information content (AvgIpc) is 2.76. The Balaban J connectivity index is 2.25. The highest BCUT2D eigenvalue weighted by molar-refractivity contribution is 5.78. The number of carboxylic acid groups (broad SMARTS) is 1. The predicted molar refractivity (Wildman–Crippen MR) is 70.4 cm³/mol. The van der Waals surface area contributed by atoms with Crippen molar-refractivity contribution < 1.29 is 14.7 Å². The fourth-order valence-corrected chi connectivity index (χ4v) is 2.60. The summed E-state index contributed by atoms with van der Waals surface area (Å²) in [7, 11) is 0. The molecular formula is C14H25NO3. The van der Waals surface area contributed by atoms with Crippen molar-refractivity contribution in [3.63, 3.8) is 0 Å². The standard InChI is InChI=1S/C14H25NO3/c1-2-3-4-5-6-9-13(16)15-10-7-8-12(15)11-14(17)18/h12H,2-11H2,1H3,(H,17,18). The molecule has 104 valence electrons. The molecule has 0 aromatic rings. The van der Waals surface area contributed by atoms with Crippen LogP contribution in [0, 0.1) is 0 Å². The van der Waals surface area contributed by atoms with Crippen molar-refractivity contribution in [1.29, 1.82) is 0 Å². The van der Waals surface area contributed by atoms with Gasteiger partial charge >= 0.3 is 5.97 Å². The summed E-state index contributed by atoms with van der Waals surface area (Å²) < 4.78 is 0. The molecule has 1 aliphatic heterocycles. The van der Waals surface area contributed by atoms with Crippen LogP contribution in [0.15, 0.2) is 0 Å². The summed E-state index contributed by atoms with van der Waals surface area (Å²) in [6.45, 7) is 2.91. The van der Waals surface area contributed by atoms with Gasteiger partial charge in [0.25, 0.3) is 0 Å². The van der Waals surface area contributed by atoms with E-state index in [0.29, 0.717) is 6.42 Å². The summed E-state index contributed by atoms with van der Waals surface area (Å²) in [5.41, 5.74) is 0. The molecular weight excluding hydrogens is 230 g/mol. The summed E-state index contributed by atoms with van der Waals surface area (Å²) >= 11 is 0. The van der Waals surface area contributed by atoms with Gasteiger partial charge in [-0.15, -0.1) is 0 Å². The van der Waals surface area contributed by atoms with E-state index in [1.165, 1.54) is 19.3 Å². The molecule has 1 amide bonds. The molecule has 1 N–H and O–H groups in total. The number of nitrogens with zero attached hydrogens (tertiary/aromatic N) is 1. The highest BCUT2D eigenvalue weighted by Crippen LogP contribution is 2.21. The number of carboxylic acids is 1. The first kappa shape index (κ1) is 15.0. The Morgan fingerprint density at radius 2 is 1.94 bits per heavy atom. The number of hydrogen-bond donors (Lipinski definition) is 1. The van der Waals surface area contributed by atoms with Gasteiger partial charge in [0, 0.05) is 19.0 Å². The maximum atomic E-state index is 12.0. The second kappa shape index (κ2) is 8.11. The van der Waals surface area contributed by atoms with E-state index < -0.39 is 5.97 Å². The zero-order chi connectivity index (χ0) is 13.4. The molecule has 0 spiro atoms. The number of likely N-dealkylation sites (tertiary alicyclic amines) is 1. The fourth-order valence-electron chi connectivity index (χ4n) is 2.60. The molecule has 0 aromatic heterocycles. The van der Waals surface area contributed by atoms with Crippen LogP contribution in [0.5, 0.6) is 0 Å². The van der Waals surface area contributed by atoms with Gasteiger partial charge in [0.2, 0.25) is 5.91 Å². The third-order valence-electron chi connectivity index (χ3n) is 3.60. The van der Waals surface area contributed by atoms with Gasteiger partial charge in [-0.3, -0.25) is 9.59 Å². The van der Waals surface area contributed by atoms with E-state index >= 15 is 0 Å².